The van der Waals surface area contributed by atoms with Gasteiger partial charge >= 0.3 is 0 Å². The predicted molar refractivity (Wildman–Crippen MR) is 75.1 cm³/mol. The van der Waals surface area contributed by atoms with Crippen LogP contribution in [-0.4, -0.2) is 60.9 Å². The Balaban J connectivity index is 0. The third-order valence-electron chi connectivity index (χ3n) is 1.99. The third-order valence-corrected chi connectivity index (χ3v) is 2.98. The van der Waals surface area contributed by atoms with E-state index in [2.05, 4.69) is 36.3 Å². The molecule has 6 heteroatoms. The number of nitrogens with one attached hydrogen (secondary N) is 1. The van der Waals surface area contributed by atoms with Gasteiger partial charge in [-0.05, 0) is 38.1 Å². The van der Waals surface area contributed by atoms with Crippen LogP contribution in [0.5, 0.6) is 0 Å². The molecule has 0 radical (unpaired) electrons. The van der Waals surface area contributed by atoms with Gasteiger partial charge in [0.1, 0.15) is 6.21 Å². The van der Waals surface area contributed by atoms with Crippen molar-refractivity contribution in [3.63, 3.8) is 0 Å². The average molecular weight is 263 g/mol. The first kappa shape index (κ1) is 18.6. The molecular formula is C11H25N3O2S. The molecule has 0 aromatic carbocycles. The van der Waals surface area contributed by atoms with Crippen LogP contribution in [0.1, 0.15) is 20.3 Å². The summed E-state index contributed by atoms with van der Waals surface area (Å²) < 4.78 is 0. The van der Waals surface area contributed by atoms with E-state index >= 15 is 0 Å². The number of carbonyl (C=O) groups is 1. The van der Waals surface area contributed by atoms with E-state index in [-0.39, 0.29) is 0 Å². The van der Waals surface area contributed by atoms with Gasteiger partial charge in [-0.3, -0.25) is 4.79 Å². The van der Waals surface area contributed by atoms with Crippen LogP contribution in [0.2, 0.25) is 0 Å². The summed E-state index contributed by atoms with van der Waals surface area (Å²) in [5, 5.41) is 12.4. The topological polar surface area (TPSA) is 64.9 Å². The number of amides is 1. The second-order valence-corrected chi connectivity index (χ2v) is 4.70. The summed E-state index contributed by atoms with van der Waals surface area (Å²) in [4.78, 5) is 12.3. The van der Waals surface area contributed by atoms with Crippen LogP contribution >= 0.6 is 11.8 Å². The minimum atomic E-state index is -0.414. The van der Waals surface area contributed by atoms with E-state index < -0.39 is 5.91 Å². The maximum absolute atomic E-state index is 9.99. The smallest absolute Gasteiger partial charge is 0.265 e. The highest BCUT2D eigenvalue weighted by molar-refractivity contribution is 7.99. The van der Waals surface area contributed by atoms with Crippen molar-refractivity contribution in [2.45, 2.75) is 20.3 Å². The zero-order chi connectivity index (χ0) is 13.5. The summed E-state index contributed by atoms with van der Waals surface area (Å²) >= 11 is 2.03. The molecule has 0 saturated carbocycles. The third kappa shape index (κ3) is 17.8. The van der Waals surface area contributed by atoms with Crippen molar-refractivity contribution in [2.24, 2.45) is 5.16 Å². The van der Waals surface area contributed by atoms with Gasteiger partial charge in [-0.15, -0.1) is 0 Å². The van der Waals surface area contributed by atoms with Gasteiger partial charge in [0.05, 0.1) is 0 Å². The van der Waals surface area contributed by atoms with E-state index in [4.69, 9.17) is 5.21 Å². The molecule has 0 spiro atoms. The van der Waals surface area contributed by atoms with Crippen molar-refractivity contribution in [1.29, 1.82) is 0 Å². The van der Waals surface area contributed by atoms with E-state index in [0.717, 1.165) is 6.21 Å². The zero-order valence-corrected chi connectivity index (χ0v) is 12.1. The second kappa shape index (κ2) is 15.2. The monoisotopic (exact) mass is 263 g/mol. The molecule has 0 saturated heterocycles. The first-order valence-electron chi connectivity index (χ1n) is 5.77. The summed E-state index contributed by atoms with van der Waals surface area (Å²) in [6, 6.07) is 0. The minimum Gasteiger partial charge on any atom is -0.411 e. The van der Waals surface area contributed by atoms with Crippen molar-refractivity contribution < 1.29 is 10.0 Å². The van der Waals surface area contributed by atoms with Gasteiger partial charge < -0.3 is 15.4 Å². The lowest BCUT2D eigenvalue weighted by Crippen LogP contribution is -2.19. The number of rotatable bonds is 7. The highest BCUT2D eigenvalue weighted by Gasteiger charge is 1.92. The summed E-state index contributed by atoms with van der Waals surface area (Å²) in [6.45, 7) is 6.85. The molecular weight excluding hydrogens is 238 g/mol. The first-order valence-corrected chi connectivity index (χ1v) is 6.93. The van der Waals surface area contributed by atoms with Gasteiger partial charge in [-0.1, -0.05) is 19.0 Å². The number of thioether (sulfide) groups is 1. The molecule has 2 N–H and O–H groups in total. The molecule has 0 heterocycles. The largest absolute Gasteiger partial charge is 0.411 e. The summed E-state index contributed by atoms with van der Waals surface area (Å²) in [7, 11) is 3.63. The van der Waals surface area contributed by atoms with Crippen LogP contribution in [0.3, 0.4) is 0 Å². The SMILES string of the molecule is CCSCCCN(C)CC.CNC(=O)/C=N/O. The Bertz CT molecular complexity index is 201. The second-order valence-electron chi connectivity index (χ2n) is 3.31. The molecule has 0 aliphatic heterocycles. The van der Waals surface area contributed by atoms with Crippen molar-refractivity contribution in [3.05, 3.63) is 0 Å². The normalized spacial score (nSPS) is 10.2. The molecule has 0 atom stereocenters. The lowest BCUT2D eigenvalue weighted by molar-refractivity contribution is -0.114. The van der Waals surface area contributed by atoms with Crippen LogP contribution in [0.4, 0.5) is 0 Å². The zero-order valence-electron chi connectivity index (χ0n) is 11.3. The number of hydrogen-bond donors (Lipinski definition) is 2. The molecule has 102 valence electrons. The molecule has 0 aliphatic rings. The Hall–Kier alpha value is -0.750. The molecule has 17 heavy (non-hydrogen) atoms. The molecule has 0 rings (SSSR count). The Morgan fingerprint density at radius 1 is 1.53 bits per heavy atom. The quantitative estimate of drug-likeness (QED) is 0.314. The molecule has 0 fully saturated rings. The van der Waals surface area contributed by atoms with Crippen molar-refractivity contribution in [1.82, 2.24) is 10.2 Å². The van der Waals surface area contributed by atoms with E-state index in [9.17, 15) is 4.79 Å². The van der Waals surface area contributed by atoms with Crippen LogP contribution in [-0.2, 0) is 4.79 Å². The summed E-state index contributed by atoms with van der Waals surface area (Å²) in [5.74, 6) is 2.17. The van der Waals surface area contributed by atoms with Crippen LogP contribution in [0.25, 0.3) is 0 Å². The van der Waals surface area contributed by atoms with E-state index in [1.54, 1.807) is 0 Å². The molecule has 1 amide bonds. The Labute approximate surface area is 109 Å². The molecule has 0 aliphatic carbocycles. The molecule has 5 nitrogen and oxygen atoms in total. The Morgan fingerprint density at radius 3 is 2.53 bits per heavy atom. The molecule has 0 aromatic rings. The minimum absolute atomic E-state index is 0.414. The van der Waals surface area contributed by atoms with E-state index in [0.29, 0.717) is 0 Å². The van der Waals surface area contributed by atoms with Crippen LogP contribution in [0, 0.1) is 0 Å². The number of carbonyl (C=O) groups excluding carboxylic acids is 1. The first-order chi connectivity index (χ1) is 8.12. The fraction of sp³-hybridized carbons (Fsp3) is 0.818. The van der Waals surface area contributed by atoms with Gasteiger partial charge in [0.25, 0.3) is 5.91 Å². The van der Waals surface area contributed by atoms with Gasteiger partial charge in [0, 0.05) is 7.05 Å². The lowest BCUT2D eigenvalue weighted by Gasteiger charge is -2.12. The average Bonchev–Trinajstić information content (AvgIpc) is 2.35. The van der Waals surface area contributed by atoms with Crippen molar-refractivity contribution in [2.75, 3.05) is 38.7 Å². The summed E-state index contributed by atoms with van der Waals surface area (Å²) in [5.41, 5.74) is 0. The molecule has 0 unspecified atom stereocenters. The number of nitrogens with zero attached hydrogens (tertiary/aromatic N) is 2. The Morgan fingerprint density at radius 2 is 2.18 bits per heavy atom. The van der Waals surface area contributed by atoms with E-state index in [1.165, 1.54) is 38.1 Å². The molecule has 0 bridgehead atoms. The van der Waals surface area contributed by atoms with Crippen LogP contribution < -0.4 is 5.32 Å². The maximum Gasteiger partial charge on any atom is 0.265 e. The highest BCUT2D eigenvalue weighted by atomic mass is 32.2. The Kier molecular flexibility index (Phi) is 16.7. The number of hydrogen-bond acceptors (Lipinski definition) is 5. The predicted octanol–water partition coefficient (Wildman–Crippen LogP) is 1.27. The van der Waals surface area contributed by atoms with Gasteiger partial charge in [-0.2, -0.15) is 11.8 Å². The number of oxime groups is 1. The van der Waals surface area contributed by atoms with Gasteiger partial charge in [0.2, 0.25) is 0 Å². The van der Waals surface area contributed by atoms with Crippen molar-refractivity contribution in [3.8, 4) is 0 Å². The lowest BCUT2D eigenvalue weighted by atomic mass is 10.4. The standard InChI is InChI=1S/C8H19NS.C3H6N2O2/c1-4-9(3)7-6-8-10-5-2;1-4-3(6)2-5-7/h4-8H2,1-3H3;2,7H,1H3,(H,4,6)/b;5-2+. The van der Waals surface area contributed by atoms with E-state index in [1.807, 2.05) is 11.8 Å². The van der Waals surface area contributed by atoms with Crippen LogP contribution in [0.15, 0.2) is 5.16 Å². The van der Waals surface area contributed by atoms with Gasteiger partial charge in [0.15, 0.2) is 0 Å². The maximum atomic E-state index is 9.99. The summed E-state index contributed by atoms with van der Waals surface area (Å²) in [6.07, 6.45) is 2.11. The van der Waals surface area contributed by atoms with Gasteiger partial charge in [-0.25, -0.2) is 0 Å². The fourth-order valence-electron chi connectivity index (χ4n) is 0.856. The fourth-order valence-corrected chi connectivity index (χ4v) is 1.48. The molecule has 0 aromatic heterocycles. The highest BCUT2D eigenvalue weighted by Crippen LogP contribution is 2.00. The van der Waals surface area contributed by atoms with Crippen molar-refractivity contribution >= 4 is 23.9 Å².